The molecule has 0 radical (unpaired) electrons. The Morgan fingerprint density at radius 1 is 0.339 bits per heavy atom. The number of nitrogens with one attached hydrogen (secondary N) is 1. The summed E-state index contributed by atoms with van der Waals surface area (Å²) in [4.78, 5) is 0. The summed E-state index contributed by atoms with van der Waals surface area (Å²) >= 11 is 0. The molecule has 0 fully saturated rings. The van der Waals surface area contributed by atoms with Crippen LogP contribution in [0.15, 0.2) is 224 Å². The number of aromatic nitrogens is 2. The average molecular weight is 792 g/mol. The highest BCUT2D eigenvalue weighted by atomic mass is 15.0. The van der Waals surface area contributed by atoms with Gasteiger partial charge in [-0.25, -0.2) is 0 Å². The van der Waals surface area contributed by atoms with Crippen LogP contribution in [0, 0.1) is 6.92 Å². The first-order chi connectivity index (χ1) is 30.7. The molecule has 10 aromatic carbocycles. The third-order valence-corrected chi connectivity index (χ3v) is 12.6. The molecule has 0 aliphatic heterocycles. The van der Waals surface area contributed by atoms with Crippen LogP contribution in [0.4, 0.5) is 11.4 Å². The van der Waals surface area contributed by atoms with E-state index < -0.39 is 0 Å². The second kappa shape index (κ2) is 14.5. The van der Waals surface area contributed by atoms with Crippen molar-refractivity contribution in [3.63, 3.8) is 0 Å². The zero-order valence-corrected chi connectivity index (χ0v) is 34.3. The number of aryl methyl sites for hydroxylation is 1. The van der Waals surface area contributed by atoms with Crippen LogP contribution in [0.2, 0.25) is 0 Å². The van der Waals surface area contributed by atoms with Crippen molar-refractivity contribution in [2.75, 3.05) is 5.32 Å². The second-order valence-electron chi connectivity index (χ2n) is 16.3. The minimum absolute atomic E-state index is 1.06. The molecule has 0 saturated heterocycles. The van der Waals surface area contributed by atoms with Crippen LogP contribution in [-0.2, 0) is 0 Å². The molecule has 0 spiro atoms. The maximum absolute atomic E-state index is 3.74. The Morgan fingerprint density at radius 2 is 0.887 bits per heavy atom. The zero-order valence-electron chi connectivity index (χ0n) is 34.3. The van der Waals surface area contributed by atoms with Gasteiger partial charge in [0.25, 0.3) is 0 Å². The number of benzene rings is 10. The molecule has 0 aliphatic carbocycles. The molecule has 62 heavy (non-hydrogen) atoms. The van der Waals surface area contributed by atoms with Crippen LogP contribution < -0.4 is 5.32 Å². The van der Waals surface area contributed by atoms with Crippen molar-refractivity contribution in [1.82, 2.24) is 9.13 Å². The Hall–Kier alpha value is -8.14. The fourth-order valence-corrected chi connectivity index (χ4v) is 9.68. The summed E-state index contributed by atoms with van der Waals surface area (Å²) in [5.41, 5.74) is 17.5. The zero-order chi connectivity index (χ0) is 41.1. The molecule has 0 bridgehead atoms. The maximum atomic E-state index is 3.74. The number of para-hydroxylation sites is 2. The number of hydrogen-bond acceptors (Lipinski definition) is 1. The summed E-state index contributed by atoms with van der Waals surface area (Å²) < 4.78 is 4.92. The van der Waals surface area contributed by atoms with Gasteiger partial charge in [0.15, 0.2) is 0 Å². The van der Waals surface area contributed by atoms with Crippen LogP contribution in [0.3, 0.4) is 0 Å². The predicted octanol–water partition coefficient (Wildman–Crippen LogP) is 16.1. The minimum Gasteiger partial charge on any atom is -0.355 e. The van der Waals surface area contributed by atoms with E-state index >= 15 is 0 Å². The van der Waals surface area contributed by atoms with E-state index in [1.165, 1.54) is 99.0 Å². The van der Waals surface area contributed by atoms with Gasteiger partial charge in [-0.1, -0.05) is 152 Å². The molecule has 0 aliphatic rings. The van der Waals surface area contributed by atoms with Gasteiger partial charge in [-0.05, 0) is 124 Å². The van der Waals surface area contributed by atoms with Crippen molar-refractivity contribution >= 4 is 65.8 Å². The molecule has 1 N–H and O–H groups in total. The van der Waals surface area contributed by atoms with E-state index in [4.69, 9.17) is 0 Å². The minimum atomic E-state index is 1.06. The molecule has 2 aromatic heterocycles. The lowest BCUT2D eigenvalue weighted by molar-refractivity contribution is 1.17. The lowest BCUT2D eigenvalue weighted by atomic mass is 9.98. The van der Waals surface area contributed by atoms with Crippen molar-refractivity contribution in [2.45, 2.75) is 6.92 Å². The quantitative estimate of drug-likeness (QED) is 0.171. The van der Waals surface area contributed by atoms with Gasteiger partial charge >= 0.3 is 0 Å². The fourth-order valence-electron chi connectivity index (χ4n) is 9.68. The Balaban J connectivity index is 1.08. The van der Waals surface area contributed by atoms with Gasteiger partial charge in [-0.15, -0.1) is 0 Å². The van der Waals surface area contributed by atoms with Gasteiger partial charge in [-0.2, -0.15) is 0 Å². The van der Waals surface area contributed by atoms with Crippen molar-refractivity contribution in [1.29, 1.82) is 0 Å². The van der Waals surface area contributed by atoms with E-state index in [1.54, 1.807) is 0 Å². The SMILES string of the molecule is Cc1c(Nc2ccccc2)ccc2c3cc(-c4ccc5c(c4)c4ccccc4n5-c4cccc5ccccc45)ccc3n(-c3cc(-c4ccccc4)cc(-c4ccccc4)c3)c12. The topological polar surface area (TPSA) is 21.9 Å². The number of fused-ring (bicyclic) bond motifs is 7. The van der Waals surface area contributed by atoms with Crippen molar-refractivity contribution in [2.24, 2.45) is 0 Å². The maximum Gasteiger partial charge on any atom is 0.0590 e. The van der Waals surface area contributed by atoms with E-state index in [-0.39, 0.29) is 0 Å². The molecule has 12 rings (SSSR count). The van der Waals surface area contributed by atoms with E-state index in [2.05, 4.69) is 246 Å². The van der Waals surface area contributed by atoms with Crippen LogP contribution >= 0.6 is 0 Å². The standard InChI is InChI=1S/C59H41N3/c1-39-54(60-47-22-9-4-10-23-47)31-30-51-53-38-44(43-29-33-58-52(37-43)50-25-13-14-26-56(50)62(58)55-27-15-21-42-20-11-12-24-49(42)55)28-32-57(53)61(59(39)51)48-35-45(40-16-5-2-6-17-40)34-46(36-48)41-18-7-3-8-19-41/h2-38,60H,1H3. The van der Waals surface area contributed by atoms with Gasteiger partial charge in [0.05, 0.1) is 27.8 Å². The summed E-state index contributed by atoms with van der Waals surface area (Å²) in [6, 6.07) is 81.6. The normalized spacial score (nSPS) is 11.6. The van der Waals surface area contributed by atoms with Crippen molar-refractivity contribution in [3.05, 3.63) is 230 Å². The van der Waals surface area contributed by atoms with Gasteiger partial charge in [0.1, 0.15) is 0 Å². The molecule has 2 heterocycles. The van der Waals surface area contributed by atoms with E-state index in [0.29, 0.717) is 0 Å². The smallest absolute Gasteiger partial charge is 0.0590 e. The second-order valence-corrected chi connectivity index (χ2v) is 16.3. The highest BCUT2D eigenvalue weighted by Gasteiger charge is 2.20. The van der Waals surface area contributed by atoms with Crippen LogP contribution in [-0.4, -0.2) is 9.13 Å². The average Bonchev–Trinajstić information content (AvgIpc) is 3.85. The van der Waals surface area contributed by atoms with Gasteiger partial charge in [0.2, 0.25) is 0 Å². The summed E-state index contributed by atoms with van der Waals surface area (Å²) in [7, 11) is 0. The lowest BCUT2D eigenvalue weighted by Crippen LogP contribution is -1.99. The van der Waals surface area contributed by atoms with E-state index in [9.17, 15) is 0 Å². The Labute approximate surface area is 360 Å². The van der Waals surface area contributed by atoms with Gasteiger partial charge < -0.3 is 14.5 Å². The molecule has 12 aromatic rings. The van der Waals surface area contributed by atoms with Crippen molar-refractivity contribution < 1.29 is 0 Å². The van der Waals surface area contributed by atoms with Crippen LogP contribution in [0.25, 0.3) is 99.1 Å². The third-order valence-electron chi connectivity index (χ3n) is 12.6. The first-order valence-electron chi connectivity index (χ1n) is 21.3. The summed E-state index contributed by atoms with van der Waals surface area (Å²) in [6.07, 6.45) is 0. The van der Waals surface area contributed by atoms with Crippen LogP contribution in [0.5, 0.6) is 0 Å². The highest BCUT2D eigenvalue weighted by Crippen LogP contribution is 2.42. The molecular weight excluding hydrogens is 751 g/mol. The van der Waals surface area contributed by atoms with E-state index in [0.717, 1.165) is 17.1 Å². The van der Waals surface area contributed by atoms with Crippen molar-refractivity contribution in [3.8, 4) is 44.8 Å². The first kappa shape index (κ1) is 35.8. The fraction of sp³-hybridized carbons (Fsp3) is 0.0169. The Kier molecular flexibility index (Phi) is 8.39. The molecular formula is C59H41N3. The largest absolute Gasteiger partial charge is 0.355 e. The first-order valence-corrected chi connectivity index (χ1v) is 21.3. The number of nitrogens with zero attached hydrogens (tertiary/aromatic N) is 2. The number of anilines is 2. The number of rotatable bonds is 7. The molecule has 292 valence electrons. The van der Waals surface area contributed by atoms with Gasteiger partial charge in [0, 0.05) is 44.0 Å². The molecule has 3 nitrogen and oxygen atoms in total. The lowest BCUT2D eigenvalue weighted by Gasteiger charge is -2.16. The molecule has 3 heteroatoms. The Bertz CT molecular complexity index is 3590. The predicted molar refractivity (Wildman–Crippen MR) is 263 cm³/mol. The third kappa shape index (κ3) is 5.89. The number of hydrogen-bond donors (Lipinski definition) is 1. The van der Waals surface area contributed by atoms with Gasteiger partial charge in [-0.3, -0.25) is 0 Å². The monoisotopic (exact) mass is 791 g/mol. The molecule has 0 saturated carbocycles. The summed E-state index contributed by atoms with van der Waals surface area (Å²) in [6.45, 7) is 2.25. The van der Waals surface area contributed by atoms with E-state index in [1.807, 2.05) is 0 Å². The van der Waals surface area contributed by atoms with Crippen LogP contribution in [0.1, 0.15) is 5.56 Å². The highest BCUT2D eigenvalue weighted by molar-refractivity contribution is 6.14. The Morgan fingerprint density at radius 3 is 1.58 bits per heavy atom. The summed E-state index contributed by atoms with van der Waals surface area (Å²) in [5.74, 6) is 0. The molecule has 0 atom stereocenters. The molecule has 0 unspecified atom stereocenters. The molecule has 0 amide bonds. The summed E-state index contributed by atoms with van der Waals surface area (Å²) in [5, 5.41) is 11.1.